The van der Waals surface area contributed by atoms with Gasteiger partial charge in [-0.2, -0.15) is 0 Å². The molecule has 1 saturated carbocycles. The normalized spacial score (nSPS) is 14.6. The molecule has 0 heterocycles. The Hall–Kier alpha value is -1.94. The molecule has 0 atom stereocenters. The lowest BCUT2D eigenvalue weighted by Gasteiger charge is -2.22. The zero-order valence-electron chi connectivity index (χ0n) is 11.7. The van der Waals surface area contributed by atoms with Crippen LogP contribution < -0.4 is 5.73 Å². The van der Waals surface area contributed by atoms with Crippen LogP contribution in [0.25, 0.3) is 0 Å². The van der Waals surface area contributed by atoms with Crippen LogP contribution >= 0.6 is 0 Å². The van der Waals surface area contributed by atoms with Crippen molar-refractivity contribution in [2.24, 2.45) is 0 Å². The highest BCUT2D eigenvalue weighted by Crippen LogP contribution is 2.30. The third-order valence-electron chi connectivity index (χ3n) is 3.80. The van der Waals surface area contributed by atoms with Gasteiger partial charge >= 0.3 is 0 Å². The zero-order chi connectivity index (χ0) is 14.8. The van der Waals surface area contributed by atoms with E-state index >= 15 is 0 Å². The molecule has 4 heteroatoms. The maximum Gasteiger partial charge on any atom is 0.163 e. The first kappa shape index (κ1) is 14.0. The van der Waals surface area contributed by atoms with E-state index in [9.17, 15) is 8.78 Å². The van der Waals surface area contributed by atoms with Crippen LogP contribution in [-0.4, -0.2) is 10.9 Å². The van der Waals surface area contributed by atoms with E-state index in [1.165, 1.54) is 0 Å². The van der Waals surface area contributed by atoms with Gasteiger partial charge in [-0.15, -0.1) is 0 Å². The number of halogens is 2. The highest BCUT2D eigenvalue weighted by Gasteiger charge is 2.29. The minimum absolute atomic E-state index is 0.408. The molecule has 1 fully saturated rings. The van der Waals surface area contributed by atoms with Crippen LogP contribution in [-0.2, 0) is 13.1 Å². The van der Waals surface area contributed by atoms with Crippen LogP contribution in [0.15, 0.2) is 42.5 Å². The molecule has 0 amide bonds. The lowest BCUT2D eigenvalue weighted by Crippen LogP contribution is -2.25. The average molecular weight is 288 g/mol. The molecule has 2 aromatic carbocycles. The molecule has 2 N–H and O–H groups in total. The maximum absolute atomic E-state index is 13.8. The van der Waals surface area contributed by atoms with E-state index in [4.69, 9.17) is 5.73 Å². The van der Waals surface area contributed by atoms with Gasteiger partial charge < -0.3 is 5.73 Å². The molecule has 1 aliphatic rings. The molecule has 2 nitrogen and oxygen atoms in total. The van der Waals surface area contributed by atoms with Gasteiger partial charge in [-0.3, -0.25) is 4.90 Å². The number of anilines is 1. The van der Waals surface area contributed by atoms with E-state index in [1.54, 1.807) is 12.1 Å². The number of rotatable bonds is 5. The quantitative estimate of drug-likeness (QED) is 0.850. The fourth-order valence-electron chi connectivity index (χ4n) is 2.57. The molecule has 0 aliphatic heterocycles. The van der Waals surface area contributed by atoms with Crippen molar-refractivity contribution < 1.29 is 8.78 Å². The second-order valence-corrected chi connectivity index (χ2v) is 5.59. The third-order valence-corrected chi connectivity index (χ3v) is 3.80. The van der Waals surface area contributed by atoms with Gasteiger partial charge in [0, 0.05) is 30.4 Å². The second kappa shape index (κ2) is 5.82. The number of nitrogens with zero attached hydrogens (tertiary/aromatic N) is 1. The van der Waals surface area contributed by atoms with Crippen molar-refractivity contribution in [2.75, 3.05) is 5.73 Å². The van der Waals surface area contributed by atoms with Crippen LogP contribution in [0.1, 0.15) is 24.0 Å². The molecule has 0 radical (unpaired) electrons. The minimum Gasteiger partial charge on any atom is -0.399 e. The fourth-order valence-corrected chi connectivity index (χ4v) is 2.57. The van der Waals surface area contributed by atoms with Gasteiger partial charge in [-0.25, -0.2) is 8.78 Å². The Bertz CT molecular complexity index is 638. The molecular formula is C17H18F2N2. The molecule has 110 valence electrons. The maximum atomic E-state index is 13.8. The smallest absolute Gasteiger partial charge is 0.163 e. The Morgan fingerprint density at radius 2 is 1.81 bits per heavy atom. The fraction of sp³-hybridized carbons (Fsp3) is 0.294. The highest BCUT2D eigenvalue weighted by atomic mass is 19.2. The molecule has 0 spiro atoms. The summed E-state index contributed by atoms with van der Waals surface area (Å²) in [6.45, 7) is 1.12. The summed E-state index contributed by atoms with van der Waals surface area (Å²) < 4.78 is 27.1. The summed E-state index contributed by atoms with van der Waals surface area (Å²) in [6.07, 6.45) is 2.22. The van der Waals surface area contributed by atoms with Crippen molar-refractivity contribution >= 4 is 5.69 Å². The zero-order valence-corrected chi connectivity index (χ0v) is 11.7. The van der Waals surface area contributed by atoms with E-state index in [0.29, 0.717) is 24.7 Å². The summed E-state index contributed by atoms with van der Waals surface area (Å²) >= 11 is 0. The number of nitrogen functional groups attached to an aromatic ring is 1. The third kappa shape index (κ3) is 3.39. The molecule has 21 heavy (non-hydrogen) atoms. The van der Waals surface area contributed by atoms with E-state index in [2.05, 4.69) is 4.90 Å². The summed E-state index contributed by atoms with van der Waals surface area (Å²) in [6, 6.07) is 12.5. The Morgan fingerprint density at radius 1 is 1.05 bits per heavy atom. The lowest BCUT2D eigenvalue weighted by molar-refractivity contribution is 0.241. The molecule has 0 saturated heterocycles. The number of nitrogens with two attached hydrogens (primary N) is 1. The highest BCUT2D eigenvalue weighted by molar-refractivity contribution is 5.40. The van der Waals surface area contributed by atoms with E-state index in [1.807, 2.05) is 24.3 Å². The largest absolute Gasteiger partial charge is 0.399 e. The van der Waals surface area contributed by atoms with Crippen molar-refractivity contribution in [2.45, 2.75) is 32.0 Å². The molecule has 1 aliphatic carbocycles. The van der Waals surface area contributed by atoms with E-state index in [0.717, 1.165) is 30.2 Å². The average Bonchev–Trinajstić information content (AvgIpc) is 3.27. The molecular weight excluding hydrogens is 270 g/mol. The van der Waals surface area contributed by atoms with Gasteiger partial charge in [0.2, 0.25) is 0 Å². The number of hydrogen-bond donors (Lipinski definition) is 1. The summed E-state index contributed by atoms with van der Waals surface area (Å²) in [5.74, 6) is -1.53. The van der Waals surface area contributed by atoms with Crippen molar-refractivity contribution in [3.05, 3.63) is 65.2 Å². The Morgan fingerprint density at radius 3 is 2.52 bits per heavy atom. The van der Waals surface area contributed by atoms with Crippen LogP contribution in [0.2, 0.25) is 0 Å². The molecule has 3 rings (SSSR count). The van der Waals surface area contributed by atoms with Gasteiger partial charge in [-0.05, 0) is 36.6 Å². The Balaban J connectivity index is 1.77. The molecule has 0 unspecified atom stereocenters. The van der Waals surface area contributed by atoms with E-state index in [-0.39, 0.29) is 0 Å². The summed E-state index contributed by atoms with van der Waals surface area (Å²) in [5.41, 5.74) is 8.02. The molecule has 2 aromatic rings. The second-order valence-electron chi connectivity index (χ2n) is 5.59. The number of benzene rings is 2. The van der Waals surface area contributed by atoms with Gasteiger partial charge in [0.15, 0.2) is 11.6 Å². The van der Waals surface area contributed by atoms with Gasteiger partial charge in [-0.1, -0.05) is 24.3 Å². The Labute approximate surface area is 123 Å². The van der Waals surface area contributed by atoms with Crippen molar-refractivity contribution in [1.82, 2.24) is 4.90 Å². The van der Waals surface area contributed by atoms with Crippen LogP contribution in [0, 0.1) is 11.6 Å². The lowest BCUT2D eigenvalue weighted by atomic mass is 10.1. The minimum atomic E-state index is -0.785. The first-order valence-corrected chi connectivity index (χ1v) is 7.15. The van der Waals surface area contributed by atoms with E-state index < -0.39 is 11.6 Å². The first-order valence-electron chi connectivity index (χ1n) is 7.15. The summed E-state index contributed by atoms with van der Waals surface area (Å²) in [4.78, 5) is 2.19. The standard InChI is InChI=1S/C17H18F2N2/c18-16-6-2-4-13(17(16)19)11-21(15-7-8-15)10-12-3-1-5-14(20)9-12/h1-6,9,15H,7-8,10-11,20H2. The van der Waals surface area contributed by atoms with Gasteiger partial charge in [0.25, 0.3) is 0 Å². The summed E-state index contributed by atoms with van der Waals surface area (Å²) in [5, 5.41) is 0. The van der Waals surface area contributed by atoms with Crippen LogP contribution in [0.4, 0.5) is 14.5 Å². The van der Waals surface area contributed by atoms with Gasteiger partial charge in [0.1, 0.15) is 0 Å². The van der Waals surface area contributed by atoms with Crippen molar-refractivity contribution in [1.29, 1.82) is 0 Å². The van der Waals surface area contributed by atoms with Crippen molar-refractivity contribution in [3.63, 3.8) is 0 Å². The van der Waals surface area contributed by atoms with Crippen LogP contribution in [0.3, 0.4) is 0 Å². The summed E-state index contributed by atoms with van der Waals surface area (Å²) in [7, 11) is 0. The molecule has 0 aromatic heterocycles. The predicted molar refractivity (Wildman–Crippen MR) is 79.5 cm³/mol. The van der Waals surface area contributed by atoms with Crippen molar-refractivity contribution in [3.8, 4) is 0 Å². The first-order chi connectivity index (χ1) is 10.1. The monoisotopic (exact) mass is 288 g/mol. The molecule has 0 bridgehead atoms. The predicted octanol–water partition coefficient (Wildman–Crippen LogP) is 3.71. The Kier molecular flexibility index (Phi) is 3.88. The topological polar surface area (TPSA) is 29.3 Å². The van der Waals surface area contributed by atoms with Gasteiger partial charge in [0.05, 0.1) is 0 Å². The van der Waals surface area contributed by atoms with Crippen LogP contribution in [0.5, 0.6) is 0 Å². The number of hydrogen-bond acceptors (Lipinski definition) is 2. The SMILES string of the molecule is Nc1cccc(CN(Cc2cccc(F)c2F)C2CC2)c1.